The zero-order chi connectivity index (χ0) is 19.4. The first-order chi connectivity index (χ1) is 12.2. The fourth-order valence-corrected chi connectivity index (χ4v) is 1.96. The van der Waals surface area contributed by atoms with E-state index in [9.17, 15) is 18.4 Å². The number of benzene rings is 2. The van der Waals surface area contributed by atoms with Gasteiger partial charge in [0.1, 0.15) is 5.75 Å². The van der Waals surface area contributed by atoms with Gasteiger partial charge in [-0.2, -0.15) is 4.39 Å². The first-order valence-electron chi connectivity index (χ1n) is 7.88. The third kappa shape index (κ3) is 4.33. The molecule has 0 unspecified atom stereocenters. The van der Waals surface area contributed by atoms with Gasteiger partial charge < -0.3 is 9.47 Å². The molecule has 4 nitrogen and oxygen atoms in total. The van der Waals surface area contributed by atoms with Crippen LogP contribution in [0.5, 0.6) is 11.5 Å². The molecule has 136 valence electrons. The number of ether oxygens (including phenoxy) is 2. The van der Waals surface area contributed by atoms with Crippen molar-refractivity contribution in [2.24, 2.45) is 5.92 Å². The summed E-state index contributed by atoms with van der Waals surface area (Å²) in [6, 6.07) is 8.44. The van der Waals surface area contributed by atoms with Gasteiger partial charge in [0.05, 0.1) is 5.92 Å². The Morgan fingerprint density at radius 1 is 0.962 bits per heavy atom. The number of hydrogen-bond acceptors (Lipinski definition) is 4. The van der Waals surface area contributed by atoms with Gasteiger partial charge in [-0.3, -0.25) is 4.79 Å². The second kappa shape index (κ2) is 7.91. The molecular formula is C20H18F2O4. The van der Waals surface area contributed by atoms with E-state index in [0.29, 0.717) is 11.3 Å². The van der Waals surface area contributed by atoms with Crippen LogP contribution in [0.25, 0.3) is 11.1 Å². The molecule has 2 aromatic rings. The van der Waals surface area contributed by atoms with Gasteiger partial charge in [-0.15, -0.1) is 0 Å². The lowest BCUT2D eigenvalue weighted by molar-refractivity contribution is -0.137. The van der Waals surface area contributed by atoms with Gasteiger partial charge in [-0.25, -0.2) is 9.18 Å². The van der Waals surface area contributed by atoms with Crippen molar-refractivity contribution in [3.63, 3.8) is 0 Å². The minimum atomic E-state index is -1.27. The molecule has 0 amide bonds. The van der Waals surface area contributed by atoms with Gasteiger partial charge in [-0.05, 0) is 36.8 Å². The highest BCUT2D eigenvalue weighted by Crippen LogP contribution is 2.31. The Balaban J connectivity index is 2.26. The quantitative estimate of drug-likeness (QED) is 0.442. The molecule has 2 rings (SSSR count). The number of rotatable bonds is 5. The van der Waals surface area contributed by atoms with Crippen molar-refractivity contribution in [3.05, 3.63) is 60.2 Å². The molecule has 0 atom stereocenters. The Hall–Kier alpha value is -3.02. The lowest BCUT2D eigenvalue weighted by atomic mass is 10.0. The lowest BCUT2D eigenvalue weighted by Crippen LogP contribution is -2.14. The fourth-order valence-electron chi connectivity index (χ4n) is 1.96. The summed E-state index contributed by atoms with van der Waals surface area (Å²) in [5.41, 5.74) is 0.434. The van der Waals surface area contributed by atoms with Crippen LogP contribution >= 0.6 is 0 Å². The topological polar surface area (TPSA) is 52.6 Å². The van der Waals surface area contributed by atoms with E-state index in [2.05, 4.69) is 6.58 Å². The Bertz CT molecular complexity index is 855. The zero-order valence-corrected chi connectivity index (χ0v) is 14.6. The normalized spacial score (nSPS) is 10.5. The third-order valence-corrected chi connectivity index (χ3v) is 3.45. The van der Waals surface area contributed by atoms with Crippen molar-refractivity contribution in [1.82, 2.24) is 0 Å². The molecule has 0 aliphatic rings. The largest absolute Gasteiger partial charge is 0.426 e. The average molecular weight is 360 g/mol. The van der Waals surface area contributed by atoms with Crippen molar-refractivity contribution in [2.75, 3.05) is 0 Å². The number of esters is 2. The molecule has 0 aliphatic heterocycles. The summed E-state index contributed by atoms with van der Waals surface area (Å²) in [7, 11) is 0. The van der Waals surface area contributed by atoms with Crippen LogP contribution in [0.4, 0.5) is 8.78 Å². The first-order valence-corrected chi connectivity index (χ1v) is 7.88. The highest BCUT2D eigenvalue weighted by atomic mass is 19.2. The van der Waals surface area contributed by atoms with E-state index in [1.54, 1.807) is 13.8 Å². The van der Waals surface area contributed by atoms with Gasteiger partial charge in [0, 0.05) is 11.1 Å². The summed E-state index contributed by atoms with van der Waals surface area (Å²) < 4.78 is 38.4. The number of hydrogen-bond donors (Lipinski definition) is 0. The number of halogens is 2. The first kappa shape index (κ1) is 19.3. The molecule has 0 aromatic heterocycles. The molecule has 0 bridgehead atoms. The summed E-state index contributed by atoms with van der Waals surface area (Å²) in [5.74, 6) is -4.14. The maximum Gasteiger partial charge on any atom is 0.338 e. The molecule has 0 aliphatic carbocycles. The monoisotopic (exact) mass is 360 g/mol. The van der Waals surface area contributed by atoms with Crippen molar-refractivity contribution in [2.45, 2.75) is 20.8 Å². The summed E-state index contributed by atoms with van der Waals surface area (Å²) in [4.78, 5) is 23.0. The van der Waals surface area contributed by atoms with Crippen molar-refractivity contribution in [3.8, 4) is 22.6 Å². The average Bonchev–Trinajstić information content (AvgIpc) is 2.59. The highest BCUT2D eigenvalue weighted by molar-refractivity contribution is 5.88. The van der Waals surface area contributed by atoms with Gasteiger partial charge in [0.15, 0.2) is 11.6 Å². The molecule has 0 spiro atoms. The molecule has 0 heterocycles. The smallest absolute Gasteiger partial charge is 0.338 e. The molecule has 6 heteroatoms. The van der Waals surface area contributed by atoms with E-state index in [1.165, 1.54) is 43.3 Å². The molecule has 0 fully saturated rings. The van der Waals surface area contributed by atoms with Crippen LogP contribution in [0.3, 0.4) is 0 Å². The molecule has 0 radical (unpaired) electrons. The minimum absolute atomic E-state index is 0.0145. The minimum Gasteiger partial charge on any atom is -0.426 e. The van der Waals surface area contributed by atoms with Crippen LogP contribution < -0.4 is 9.47 Å². The molecule has 0 saturated carbocycles. The summed E-state index contributed by atoms with van der Waals surface area (Å²) in [5, 5.41) is 0. The van der Waals surface area contributed by atoms with Crippen LogP contribution in [0.2, 0.25) is 0 Å². The third-order valence-electron chi connectivity index (χ3n) is 3.45. The summed E-state index contributed by atoms with van der Waals surface area (Å²) in [6.45, 7) is 8.19. The molecule has 26 heavy (non-hydrogen) atoms. The van der Waals surface area contributed by atoms with E-state index >= 15 is 0 Å². The van der Waals surface area contributed by atoms with E-state index in [0.717, 1.165) is 0 Å². The maximum absolute atomic E-state index is 14.3. The second-order valence-corrected chi connectivity index (χ2v) is 6.01. The van der Waals surface area contributed by atoms with Crippen molar-refractivity contribution < 1.29 is 27.8 Å². The van der Waals surface area contributed by atoms with Gasteiger partial charge >= 0.3 is 11.9 Å². The van der Waals surface area contributed by atoms with E-state index in [-0.39, 0.29) is 17.1 Å². The molecule has 0 saturated heterocycles. The van der Waals surface area contributed by atoms with Gasteiger partial charge in [-0.1, -0.05) is 32.6 Å². The predicted octanol–water partition coefficient (Wildman–Crippen LogP) is 4.67. The summed E-state index contributed by atoms with van der Waals surface area (Å²) in [6.07, 6.45) is 0. The van der Waals surface area contributed by atoms with Crippen LogP contribution in [0, 0.1) is 17.6 Å². The van der Waals surface area contributed by atoms with E-state index < -0.39 is 29.3 Å². The van der Waals surface area contributed by atoms with Crippen molar-refractivity contribution in [1.29, 1.82) is 0 Å². The Morgan fingerprint density at radius 3 is 2.12 bits per heavy atom. The van der Waals surface area contributed by atoms with Crippen LogP contribution in [0.15, 0.2) is 48.6 Å². The molecule has 2 aromatic carbocycles. The molecular weight excluding hydrogens is 342 g/mol. The lowest BCUT2D eigenvalue weighted by Gasteiger charge is -2.10. The van der Waals surface area contributed by atoms with Crippen molar-refractivity contribution >= 4 is 11.9 Å². The predicted molar refractivity (Wildman–Crippen MR) is 92.7 cm³/mol. The van der Waals surface area contributed by atoms with Crippen LogP contribution in [0.1, 0.15) is 20.8 Å². The van der Waals surface area contributed by atoms with Gasteiger partial charge in [0.2, 0.25) is 5.82 Å². The van der Waals surface area contributed by atoms with Gasteiger partial charge in [0.25, 0.3) is 0 Å². The molecule has 0 N–H and O–H groups in total. The standard InChI is InChI=1S/C20H18F2O4/c1-11(2)19(23)25-14-7-5-13(6-8-14)15-9-10-16(18(22)17(15)21)26-20(24)12(3)4/h5-11H,3H2,1-2,4H3. The number of carbonyl (C=O) groups is 2. The Kier molecular flexibility index (Phi) is 5.87. The van der Waals surface area contributed by atoms with Crippen LogP contribution in [-0.4, -0.2) is 11.9 Å². The van der Waals surface area contributed by atoms with Crippen LogP contribution in [-0.2, 0) is 9.59 Å². The van der Waals surface area contributed by atoms with E-state index in [1.807, 2.05) is 0 Å². The number of carbonyl (C=O) groups excluding carboxylic acids is 2. The maximum atomic E-state index is 14.3. The highest BCUT2D eigenvalue weighted by Gasteiger charge is 2.18. The second-order valence-electron chi connectivity index (χ2n) is 6.01. The summed E-state index contributed by atoms with van der Waals surface area (Å²) >= 11 is 0. The SMILES string of the molecule is C=C(C)C(=O)Oc1ccc(-c2ccc(OC(=O)C(C)C)cc2)c(F)c1F. The fraction of sp³-hybridized carbons (Fsp3) is 0.200. The Labute approximate surface area is 150 Å². The zero-order valence-electron chi connectivity index (χ0n) is 14.6. The Morgan fingerprint density at radius 2 is 1.58 bits per heavy atom. The van der Waals surface area contributed by atoms with E-state index in [4.69, 9.17) is 9.47 Å².